The summed E-state index contributed by atoms with van der Waals surface area (Å²) in [5.41, 5.74) is 4.04. The minimum absolute atomic E-state index is 0.0638. The molecule has 2 heterocycles. The maximum Gasteiger partial charge on any atom is 0.263 e. The number of likely N-dealkylation sites (N-methyl/N-ethyl adjacent to an activating group) is 1. The van der Waals surface area contributed by atoms with Gasteiger partial charge in [-0.05, 0) is 50.2 Å². The van der Waals surface area contributed by atoms with E-state index in [0.717, 1.165) is 43.1 Å². The molecule has 4 rings (SSSR count). The third kappa shape index (κ3) is 5.52. The van der Waals surface area contributed by atoms with Crippen molar-refractivity contribution in [2.24, 2.45) is 0 Å². The van der Waals surface area contributed by atoms with Crippen LogP contribution in [0.25, 0.3) is 0 Å². The van der Waals surface area contributed by atoms with Crippen LogP contribution in [-0.4, -0.2) is 46.7 Å². The number of sulfonamides is 1. The van der Waals surface area contributed by atoms with Gasteiger partial charge in [-0.1, -0.05) is 11.6 Å². The van der Waals surface area contributed by atoms with Crippen LogP contribution in [0.15, 0.2) is 52.2 Å². The first kappa shape index (κ1) is 23.6. The molecule has 8 nitrogen and oxygen atoms in total. The molecule has 33 heavy (non-hydrogen) atoms. The maximum atomic E-state index is 12.7. The predicted molar refractivity (Wildman–Crippen MR) is 135 cm³/mol. The number of thiazole rings is 1. The Balaban J connectivity index is 1.60. The highest BCUT2D eigenvalue weighted by atomic mass is 35.5. The molecule has 11 heteroatoms. The number of aromatic nitrogens is 1. The first-order valence-electron chi connectivity index (χ1n) is 10.5. The van der Waals surface area contributed by atoms with Gasteiger partial charge in [0.25, 0.3) is 10.0 Å². The lowest BCUT2D eigenvalue weighted by Gasteiger charge is -2.35. The van der Waals surface area contributed by atoms with E-state index in [1.807, 2.05) is 25.2 Å². The summed E-state index contributed by atoms with van der Waals surface area (Å²) in [5, 5.41) is 8.66. The lowest BCUT2D eigenvalue weighted by molar-refractivity contribution is 0.413. The fourth-order valence-electron chi connectivity index (χ4n) is 3.81. The van der Waals surface area contributed by atoms with Gasteiger partial charge < -0.3 is 20.3 Å². The minimum Gasteiger partial charge on any atom is -0.497 e. The average Bonchev–Trinajstić information content (AvgIpc) is 3.33. The molecule has 1 atom stereocenters. The Hall–Kier alpha value is -2.53. The van der Waals surface area contributed by atoms with Crippen LogP contribution in [0.3, 0.4) is 0 Å². The Morgan fingerprint density at radius 1 is 1.21 bits per heavy atom. The summed E-state index contributed by atoms with van der Waals surface area (Å²) in [6.07, 6.45) is 2.22. The molecule has 3 aromatic rings. The molecule has 1 aromatic heterocycles. The topological polar surface area (TPSA) is 95.6 Å². The highest BCUT2D eigenvalue weighted by Gasteiger charge is 2.22. The Labute approximate surface area is 203 Å². The summed E-state index contributed by atoms with van der Waals surface area (Å²) >= 11 is 7.80. The van der Waals surface area contributed by atoms with E-state index in [0.29, 0.717) is 16.8 Å². The standard InChI is InChI=1S/C22H26ClN5O3S2/c1-24-15-4-3-9-28(12-15)21-10-16(31-2)5-7-20(21)26-19-8-6-17(11-18(19)23)33(29,30)27-22-13-32-14-25-22/h5-8,10-11,13-15,24,26-27H,3-4,9,12H2,1-2H3. The summed E-state index contributed by atoms with van der Waals surface area (Å²) in [6.45, 7) is 1.82. The van der Waals surface area contributed by atoms with E-state index in [-0.39, 0.29) is 10.7 Å². The zero-order valence-corrected chi connectivity index (χ0v) is 20.7. The van der Waals surface area contributed by atoms with Crippen molar-refractivity contribution in [3.05, 3.63) is 52.3 Å². The predicted octanol–water partition coefficient (Wildman–Crippen LogP) is 4.54. The monoisotopic (exact) mass is 507 g/mol. The molecule has 1 unspecified atom stereocenters. The van der Waals surface area contributed by atoms with Crippen molar-refractivity contribution < 1.29 is 13.2 Å². The van der Waals surface area contributed by atoms with Gasteiger partial charge in [-0.15, -0.1) is 11.3 Å². The number of nitrogens with one attached hydrogen (secondary N) is 3. The summed E-state index contributed by atoms with van der Waals surface area (Å²) in [5.74, 6) is 1.05. The van der Waals surface area contributed by atoms with Crippen molar-refractivity contribution in [3.63, 3.8) is 0 Å². The van der Waals surface area contributed by atoms with Gasteiger partial charge in [0.05, 0.1) is 39.6 Å². The van der Waals surface area contributed by atoms with Crippen LogP contribution >= 0.6 is 22.9 Å². The third-order valence-electron chi connectivity index (χ3n) is 5.57. The SMILES string of the molecule is CNC1CCCN(c2cc(OC)ccc2Nc2ccc(S(=O)(=O)Nc3cscn3)cc2Cl)C1. The number of hydrogen-bond acceptors (Lipinski definition) is 8. The summed E-state index contributed by atoms with van der Waals surface area (Å²) in [7, 11) is -0.157. The Morgan fingerprint density at radius 2 is 2.03 bits per heavy atom. The van der Waals surface area contributed by atoms with E-state index in [1.165, 1.54) is 23.5 Å². The van der Waals surface area contributed by atoms with Gasteiger partial charge in [0, 0.05) is 30.6 Å². The first-order chi connectivity index (χ1) is 15.9. The van der Waals surface area contributed by atoms with Gasteiger partial charge in [0.1, 0.15) is 5.75 Å². The molecule has 1 aliphatic rings. The smallest absolute Gasteiger partial charge is 0.263 e. The van der Waals surface area contributed by atoms with Crippen molar-refractivity contribution in [2.45, 2.75) is 23.8 Å². The second-order valence-corrected chi connectivity index (χ2v) is 10.5. The Bertz CT molecular complexity index is 1200. The highest BCUT2D eigenvalue weighted by molar-refractivity contribution is 7.92. The minimum atomic E-state index is -3.79. The van der Waals surface area contributed by atoms with Gasteiger partial charge in [-0.2, -0.15) is 0 Å². The molecule has 1 saturated heterocycles. The van der Waals surface area contributed by atoms with Crippen molar-refractivity contribution in [3.8, 4) is 5.75 Å². The van der Waals surface area contributed by atoms with Crippen LogP contribution in [0.1, 0.15) is 12.8 Å². The number of ether oxygens (including phenoxy) is 1. The number of rotatable bonds is 8. The molecule has 1 aliphatic heterocycles. The van der Waals surface area contributed by atoms with Gasteiger partial charge in [0.2, 0.25) is 0 Å². The zero-order valence-electron chi connectivity index (χ0n) is 18.3. The van der Waals surface area contributed by atoms with Crippen LogP contribution in [0.4, 0.5) is 22.9 Å². The molecule has 0 spiro atoms. The molecule has 0 amide bonds. The molecule has 1 fully saturated rings. The van der Waals surface area contributed by atoms with E-state index in [2.05, 4.69) is 25.2 Å². The highest BCUT2D eigenvalue weighted by Crippen LogP contribution is 2.36. The molecular weight excluding hydrogens is 482 g/mol. The van der Waals surface area contributed by atoms with Crippen molar-refractivity contribution in [1.82, 2.24) is 10.3 Å². The van der Waals surface area contributed by atoms with Crippen molar-refractivity contribution in [1.29, 1.82) is 0 Å². The van der Waals surface area contributed by atoms with E-state index >= 15 is 0 Å². The molecule has 2 aromatic carbocycles. The van der Waals surface area contributed by atoms with E-state index in [1.54, 1.807) is 24.1 Å². The number of piperidine rings is 1. The number of halogens is 1. The molecule has 176 valence electrons. The normalized spacial score (nSPS) is 16.5. The second kappa shape index (κ2) is 10.2. The van der Waals surface area contributed by atoms with Gasteiger partial charge in [-0.3, -0.25) is 4.72 Å². The van der Waals surface area contributed by atoms with Gasteiger partial charge in [-0.25, -0.2) is 13.4 Å². The van der Waals surface area contributed by atoms with Crippen LogP contribution in [0.2, 0.25) is 5.02 Å². The lowest BCUT2D eigenvalue weighted by atomic mass is 10.0. The zero-order chi connectivity index (χ0) is 23.4. The Kier molecular flexibility index (Phi) is 7.28. The molecule has 0 radical (unpaired) electrons. The summed E-state index contributed by atoms with van der Waals surface area (Å²) < 4.78 is 33.2. The first-order valence-corrected chi connectivity index (χ1v) is 13.3. The van der Waals surface area contributed by atoms with Crippen LogP contribution in [-0.2, 0) is 10.0 Å². The largest absolute Gasteiger partial charge is 0.497 e. The van der Waals surface area contributed by atoms with Gasteiger partial charge in [0.15, 0.2) is 5.82 Å². The molecule has 0 aliphatic carbocycles. The Morgan fingerprint density at radius 3 is 2.73 bits per heavy atom. The maximum absolute atomic E-state index is 12.7. The average molecular weight is 508 g/mol. The molecule has 0 bridgehead atoms. The number of anilines is 4. The molecular formula is C22H26ClN5O3S2. The summed E-state index contributed by atoms with van der Waals surface area (Å²) in [6, 6.07) is 10.9. The third-order valence-corrected chi connectivity index (χ3v) is 7.82. The van der Waals surface area contributed by atoms with Crippen LogP contribution in [0, 0.1) is 0 Å². The lowest BCUT2D eigenvalue weighted by Crippen LogP contribution is -2.44. The number of methoxy groups -OCH3 is 1. The van der Waals surface area contributed by atoms with Gasteiger partial charge >= 0.3 is 0 Å². The van der Waals surface area contributed by atoms with Crippen molar-refractivity contribution >= 4 is 55.8 Å². The van der Waals surface area contributed by atoms with E-state index in [9.17, 15) is 8.42 Å². The molecule has 3 N–H and O–H groups in total. The number of hydrogen-bond donors (Lipinski definition) is 3. The fourth-order valence-corrected chi connectivity index (χ4v) is 5.68. The number of benzene rings is 2. The summed E-state index contributed by atoms with van der Waals surface area (Å²) in [4.78, 5) is 6.35. The second-order valence-electron chi connectivity index (χ2n) is 7.70. The fraction of sp³-hybridized carbons (Fsp3) is 0.318. The number of nitrogens with zero attached hydrogens (tertiary/aromatic N) is 2. The van der Waals surface area contributed by atoms with E-state index in [4.69, 9.17) is 16.3 Å². The van der Waals surface area contributed by atoms with E-state index < -0.39 is 10.0 Å². The van der Waals surface area contributed by atoms with Crippen LogP contribution < -0.4 is 25.0 Å². The quantitative estimate of drug-likeness (QED) is 0.412. The van der Waals surface area contributed by atoms with Crippen molar-refractivity contribution in [2.75, 3.05) is 42.2 Å². The van der Waals surface area contributed by atoms with Crippen LogP contribution in [0.5, 0.6) is 5.75 Å². The molecule has 0 saturated carbocycles.